The summed E-state index contributed by atoms with van der Waals surface area (Å²) in [5, 5.41) is 5.46. The Morgan fingerprint density at radius 1 is 0.973 bits per heavy atom. The molecule has 186 valence electrons. The summed E-state index contributed by atoms with van der Waals surface area (Å²) in [6, 6.07) is 20.3. The fourth-order valence-electron chi connectivity index (χ4n) is 5.13. The number of anilines is 1. The number of ether oxygens (including phenoxy) is 1. The van der Waals surface area contributed by atoms with Crippen LogP contribution in [0.4, 0.5) is 5.69 Å². The smallest absolute Gasteiger partial charge is 0.337 e. The van der Waals surface area contributed by atoms with Gasteiger partial charge in [0.25, 0.3) is 5.56 Å². The number of nitrogens with zero attached hydrogens (tertiary/aromatic N) is 2. The average molecular weight is 512 g/mol. The predicted molar refractivity (Wildman–Crippen MR) is 147 cm³/mol. The summed E-state index contributed by atoms with van der Waals surface area (Å²) < 4.78 is 7.86. The van der Waals surface area contributed by atoms with Crippen LogP contribution in [0.1, 0.15) is 23.3 Å². The summed E-state index contributed by atoms with van der Waals surface area (Å²) in [6.45, 7) is -0.200. The second kappa shape index (κ2) is 9.37. The van der Waals surface area contributed by atoms with Crippen molar-refractivity contribution in [2.24, 2.45) is 0 Å². The third-order valence-corrected chi connectivity index (χ3v) is 8.25. The van der Waals surface area contributed by atoms with E-state index in [4.69, 9.17) is 4.74 Å². The molecule has 37 heavy (non-hydrogen) atoms. The van der Waals surface area contributed by atoms with Crippen LogP contribution < -0.4 is 21.3 Å². The minimum absolute atomic E-state index is 0.200. The molecule has 8 heteroatoms. The number of carbonyl (C=O) groups excluding carboxylic acids is 1. The number of aromatic nitrogens is 2. The van der Waals surface area contributed by atoms with E-state index >= 15 is 0 Å². The van der Waals surface area contributed by atoms with Crippen molar-refractivity contribution in [1.82, 2.24) is 9.13 Å². The lowest BCUT2D eigenvalue weighted by molar-refractivity contribution is -0.116. The third-order valence-electron chi connectivity index (χ3n) is 6.93. The van der Waals surface area contributed by atoms with Crippen LogP contribution in [0.5, 0.6) is 5.75 Å². The van der Waals surface area contributed by atoms with Crippen molar-refractivity contribution in [3.05, 3.63) is 98.0 Å². The molecule has 0 unspecified atom stereocenters. The van der Waals surface area contributed by atoms with Crippen LogP contribution in [-0.4, -0.2) is 22.2 Å². The molecule has 1 aliphatic rings. The molecule has 0 saturated carbocycles. The second-order valence-electron chi connectivity index (χ2n) is 9.17. The zero-order chi connectivity index (χ0) is 25.5. The molecule has 1 N–H and O–H groups in total. The van der Waals surface area contributed by atoms with E-state index < -0.39 is 5.69 Å². The molecule has 1 amide bonds. The fourth-order valence-corrected chi connectivity index (χ4v) is 6.51. The molecule has 0 saturated heterocycles. The first-order chi connectivity index (χ1) is 18.0. The first kappa shape index (κ1) is 23.2. The van der Waals surface area contributed by atoms with E-state index in [1.807, 2.05) is 42.5 Å². The summed E-state index contributed by atoms with van der Waals surface area (Å²) in [5.74, 6) is 0.298. The molecule has 1 aliphatic carbocycles. The first-order valence-electron chi connectivity index (χ1n) is 12.3. The maximum Gasteiger partial charge on any atom is 0.337 e. The number of hydrogen-bond acceptors (Lipinski definition) is 5. The van der Waals surface area contributed by atoms with Crippen LogP contribution in [0.2, 0.25) is 0 Å². The number of hydrogen-bond donors (Lipinski definition) is 1. The van der Waals surface area contributed by atoms with Crippen LogP contribution in [0.3, 0.4) is 0 Å². The van der Waals surface area contributed by atoms with Crippen LogP contribution in [-0.2, 0) is 24.2 Å². The molecule has 6 rings (SSSR count). The van der Waals surface area contributed by atoms with Crippen molar-refractivity contribution >= 4 is 43.9 Å². The minimum Gasteiger partial charge on any atom is -0.497 e. The van der Waals surface area contributed by atoms with E-state index in [0.717, 1.165) is 46.9 Å². The van der Waals surface area contributed by atoms with Gasteiger partial charge in [0.05, 0.1) is 18.2 Å². The summed E-state index contributed by atoms with van der Waals surface area (Å²) in [4.78, 5) is 42.5. The number of fused-ring (bicyclic) bond motifs is 4. The van der Waals surface area contributed by atoms with Crippen molar-refractivity contribution in [1.29, 1.82) is 0 Å². The van der Waals surface area contributed by atoms with E-state index in [2.05, 4.69) is 5.32 Å². The van der Waals surface area contributed by atoms with Crippen molar-refractivity contribution in [3.8, 4) is 11.4 Å². The van der Waals surface area contributed by atoms with Gasteiger partial charge in [-0.25, -0.2) is 9.36 Å². The van der Waals surface area contributed by atoms with Gasteiger partial charge in [0.15, 0.2) is 0 Å². The predicted octanol–water partition coefficient (Wildman–Crippen LogP) is 4.89. The Hall–Kier alpha value is -4.17. The minimum atomic E-state index is -0.533. The van der Waals surface area contributed by atoms with Gasteiger partial charge < -0.3 is 10.1 Å². The van der Waals surface area contributed by atoms with Gasteiger partial charge in [-0.05, 0) is 67.0 Å². The van der Waals surface area contributed by atoms with Gasteiger partial charge in [-0.1, -0.05) is 36.4 Å². The highest BCUT2D eigenvalue weighted by atomic mass is 32.1. The summed E-state index contributed by atoms with van der Waals surface area (Å²) in [5.41, 5.74) is 1.27. The van der Waals surface area contributed by atoms with Crippen LogP contribution in [0, 0.1) is 0 Å². The fraction of sp³-hybridized carbons (Fsp3) is 0.207. The number of aryl methyl sites for hydroxylation is 2. The molecule has 0 radical (unpaired) electrons. The average Bonchev–Trinajstić information content (AvgIpc) is 3.32. The summed E-state index contributed by atoms with van der Waals surface area (Å²) in [7, 11) is 1.56. The van der Waals surface area contributed by atoms with Gasteiger partial charge >= 0.3 is 5.69 Å². The van der Waals surface area contributed by atoms with Gasteiger partial charge in [0, 0.05) is 16.0 Å². The van der Waals surface area contributed by atoms with E-state index in [0.29, 0.717) is 27.3 Å². The molecule has 5 aromatic rings. The summed E-state index contributed by atoms with van der Waals surface area (Å²) >= 11 is 1.47. The molecule has 0 fully saturated rings. The maximum absolute atomic E-state index is 13.8. The third kappa shape index (κ3) is 4.03. The number of benzene rings is 3. The Labute approximate surface area is 216 Å². The van der Waals surface area contributed by atoms with E-state index in [9.17, 15) is 14.4 Å². The van der Waals surface area contributed by atoms with Crippen LogP contribution >= 0.6 is 11.3 Å². The van der Waals surface area contributed by atoms with Crippen molar-refractivity contribution in [2.45, 2.75) is 32.2 Å². The molecule has 0 bridgehead atoms. The number of amides is 1. The molecule has 0 aliphatic heterocycles. The van der Waals surface area contributed by atoms with E-state index in [1.165, 1.54) is 20.5 Å². The highest BCUT2D eigenvalue weighted by Gasteiger charge is 2.25. The van der Waals surface area contributed by atoms with Crippen LogP contribution in [0.25, 0.3) is 26.7 Å². The van der Waals surface area contributed by atoms with Gasteiger partial charge in [0.2, 0.25) is 5.91 Å². The Morgan fingerprint density at radius 2 is 1.73 bits per heavy atom. The lowest BCUT2D eigenvalue weighted by Crippen LogP contribution is -2.40. The molecule has 7 nitrogen and oxygen atoms in total. The molecule has 0 atom stereocenters. The maximum atomic E-state index is 13.8. The molecule has 2 aromatic heterocycles. The Kier molecular flexibility index (Phi) is 5.88. The number of rotatable bonds is 5. The standard InChI is InChI=1S/C29H25N3O4S/c1-36-20-15-13-19(14-16-20)32-27(34)26-22-10-4-5-12-24(22)37-28(26)31(29(32)35)17-25(33)30-23-11-6-8-18-7-2-3-9-21(18)23/h2-3,6-9,11,13-16H,4-5,10,12,17H2,1H3,(H,30,33). The molecule has 0 spiro atoms. The molecular weight excluding hydrogens is 486 g/mol. The Bertz CT molecular complexity index is 1770. The largest absolute Gasteiger partial charge is 0.497 e. The summed E-state index contributed by atoms with van der Waals surface area (Å²) in [6.07, 6.45) is 3.74. The molecular formula is C29H25N3O4S. The number of nitrogens with one attached hydrogen (secondary N) is 1. The van der Waals surface area contributed by atoms with Crippen molar-refractivity contribution in [3.63, 3.8) is 0 Å². The lowest BCUT2D eigenvalue weighted by Gasteiger charge is -2.14. The van der Waals surface area contributed by atoms with Crippen LogP contribution in [0.15, 0.2) is 76.3 Å². The first-order valence-corrected chi connectivity index (χ1v) is 13.1. The van der Waals surface area contributed by atoms with Gasteiger partial charge in [-0.3, -0.25) is 14.2 Å². The highest BCUT2D eigenvalue weighted by Crippen LogP contribution is 2.34. The molecule has 2 heterocycles. The lowest BCUT2D eigenvalue weighted by atomic mass is 9.97. The quantitative estimate of drug-likeness (QED) is 0.364. The number of methoxy groups -OCH3 is 1. The Morgan fingerprint density at radius 3 is 2.54 bits per heavy atom. The SMILES string of the molecule is COc1ccc(-n2c(=O)c3c4c(sc3n(CC(=O)Nc3cccc5ccccc35)c2=O)CCCC4)cc1. The number of thiophene rings is 1. The van der Waals surface area contributed by atoms with Gasteiger partial charge in [-0.2, -0.15) is 0 Å². The monoisotopic (exact) mass is 511 g/mol. The van der Waals surface area contributed by atoms with Gasteiger partial charge in [-0.15, -0.1) is 11.3 Å². The zero-order valence-electron chi connectivity index (χ0n) is 20.3. The molecule has 3 aromatic carbocycles. The Balaban J connectivity index is 1.48. The zero-order valence-corrected chi connectivity index (χ0v) is 21.1. The van der Waals surface area contributed by atoms with Gasteiger partial charge in [0.1, 0.15) is 17.1 Å². The van der Waals surface area contributed by atoms with Crippen molar-refractivity contribution in [2.75, 3.05) is 12.4 Å². The topological polar surface area (TPSA) is 82.3 Å². The number of carbonyl (C=O) groups is 1. The van der Waals surface area contributed by atoms with Crippen molar-refractivity contribution < 1.29 is 9.53 Å². The highest BCUT2D eigenvalue weighted by molar-refractivity contribution is 7.18. The van der Waals surface area contributed by atoms with E-state index in [-0.39, 0.29) is 18.0 Å². The second-order valence-corrected chi connectivity index (χ2v) is 10.3. The van der Waals surface area contributed by atoms with E-state index in [1.54, 1.807) is 31.4 Å². The normalized spacial score (nSPS) is 13.0.